The Morgan fingerprint density at radius 1 is 1.23 bits per heavy atom. The van der Waals surface area contributed by atoms with Crippen molar-refractivity contribution in [3.8, 4) is 0 Å². The van der Waals surface area contributed by atoms with Crippen LogP contribution in [0.5, 0.6) is 0 Å². The molecule has 1 aromatic rings. The third-order valence-electron chi connectivity index (χ3n) is 5.08. The average Bonchev–Trinajstić information content (AvgIpc) is 3.29. The van der Waals surface area contributed by atoms with Crippen molar-refractivity contribution in [3.05, 3.63) is 22.4 Å². The maximum absolute atomic E-state index is 12.5. The fraction of sp³-hybridized carbons (Fsp3) is 0.632. The zero-order chi connectivity index (χ0) is 18.7. The summed E-state index contributed by atoms with van der Waals surface area (Å²) in [6.07, 6.45) is 2.47. The Hall–Kier alpha value is -1.89. The summed E-state index contributed by atoms with van der Waals surface area (Å²) in [5.74, 6) is 0.175. The fourth-order valence-corrected chi connectivity index (χ4v) is 4.66. The van der Waals surface area contributed by atoms with E-state index in [1.54, 1.807) is 15.9 Å². The normalized spacial score (nSPS) is 26.0. The van der Waals surface area contributed by atoms with Gasteiger partial charge in [0.25, 0.3) is 11.8 Å². The van der Waals surface area contributed by atoms with Crippen molar-refractivity contribution in [2.24, 2.45) is 11.8 Å². The minimum atomic E-state index is -0.586. The summed E-state index contributed by atoms with van der Waals surface area (Å²) in [7, 11) is 0. The maximum Gasteiger partial charge on any atom is 0.329 e. The quantitative estimate of drug-likeness (QED) is 0.755. The smallest absolute Gasteiger partial charge is 0.329 e. The van der Waals surface area contributed by atoms with Crippen LogP contribution in [0.1, 0.15) is 42.8 Å². The van der Waals surface area contributed by atoms with Crippen molar-refractivity contribution < 1.29 is 19.1 Å². The predicted molar refractivity (Wildman–Crippen MR) is 98.9 cm³/mol. The Kier molecular flexibility index (Phi) is 5.96. The molecule has 0 aromatic carbocycles. The SMILES string of the molecule is CC1CC(C)CN(C(=O)COC(=O)[C@@H]2CCCN2C(=O)c2cccs2)C1. The van der Waals surface area contributed by atoms with Gasteiger partial charge in [0.1, 0.15) is 6.04 Å². The number of esters is 1. The first-order valence-corrected chi connectivity index (χ1v) is 10.1. The molecule has 6 nitrogen and oxygen atoms in total. The first-order chi connectivity index (χ1) is 12.5. The number of piperidine rings is 1. The monoisotopic (exact) mass is 378 g/mol. The second-order valence-corrected chi connectivity index (χ2v) is 8.43. The molecule has 2 amide bonds. The van der Waals surface area contributed by atoms with Crippen LogP contribution in [0.3, 0.4) is 0 Å². The Labute approximate surface area is 158 Å². The summed E-state index contributed by atoms with van der Waals surface area (Å²) < 4.78 is 5.29. The Morgan fingerprint density at radius 2 is 1.96 bits per heavy atom. The minimum absolute atomic E-state index is 0.135. The van der Waals surface area contributed by atoms with E-state index in [2.05, 4.69) is 13.8 Å². The molecular weight excluding hydrogens is 352 g/mol. The summed E-state index contributed by atoms with van der Waals surface area (Å²) in [5, 5.41) is 1.84. The molecule has 0 saturated carbocycles. The van der Waals surface area contributed by atoms with E-state index < -0.39 is 12.0 Å². The largest absolute Gasteiger partial charge is 0.454 e. The van der Waals surface area contributed by atoms with Crippen LogP contribution in [-0.4, -0.2) is 59.9 Å². The third-order valence-corrected chi connectivity index (χ3v) is 5.94. The molecule has 142 valence electrons. The van der Waals surface area contributed by atoms with Crippen molar-refractivity contribution in [2.75, 3.05) is 26.2 Å². The second kappa shape index (κ2) is 8.20. The summed E-state index contributed by atoms with van der Waals surface area (Å²) in [6.45, 7) is 6.00. The van der Waals surface area contributed by atoms with Gasteiger partial charge in [-0.25, -0.2) is 4.79 Å². The standard InChI is InChI=1S/C19H26N2O4S/c1-13-9-14(2)11-20(10-13)17(22)12-25-19(24)15-5-3-7-21(15)18(23)16-6-4-8-26-16/h4,6,8,13-15H,3,5,7,9-12H2,1-2H3/t13?,14?,15-/m0/s1. The van der Waals surface area contributed by atoms with Crippen LogP contribution < -0.4 is 0 Å². The van der Waals surface area contributed by atoms with E-state index in [1.165, 1.54) is 11.3 Å². The number of amides is 2. The summed E-state index contributed by atoms with van der Waals surface area (Å²) in [4.78, 5) is 41.4. The van der Waals surface area contributed by atoms with Crippen LogP contribution in [0.2, 0.25) is 0 Å². The highest BCUT2D eigenvalue weighted by molar-refractivity contribution is 7.12. The number of hydrogen-bond donors (Lipinski definition) is 0. The molecule has 0 radical (unpaired) electrons. The lowest BCUT2D eigenvalue weighted by atomic mass is 9.92. The number of carbonyl (C=O) groups is 3. The van der Waals surface area contributed by atoms with E-state index in [9.17, 15) is 14.4 Å². The van der Waals surface area contributed by atoms with E-state index in [4.69, 9.17) is 4.74 Å². The van der Waals surface area contributed by atoms with E-state index >= 15 is 0 Å². The van der Waals surface area contributed by atoms with Gasteiger partial charge in [0.05, 0.1) is 4.88 Å². The Morgan fingerprint density at radius 3 is 2.62 bits per heavy atom. The van der Waals surface area contributed by atoms with E-state index in [1.807, 2.05) is 11.4 Å². The average molecular weight is 378 g/mol. The molecule has 7 heteroatoms. The highest BCUT2D eigenvalue weighted by atomic mass is 32.1. The molecule has 0 N–H and O–H groups in total. The topological polar surface area (TPSA) is 66.9 Å². The maximum atomic E-state index is 12.5. The molecule has 26 heavy (non-hydrogen) atoms. The number of rotatable bonds is 4. The molecular formula is C19H26N2O4S. The van der Waals surface area contributed by atoms with E-state index in [0.29, 0.717) is 42.8 Å². The third kappa shape index (κ3) is 4.26. The first kappa shape index (κ1) is 18.9. The molecule has 3 heterocycles. The number of carbonyl (C=O) groups excluding carboxylic acids is 3. The number of thiophene rings is 1. The van der Waals surface area contributed by atoms with Crippen molar-refractivity contribution >= 4 is 29.1 Å². The molecule has 2 aliphatic rings. The lowest BCUT2D eigenvalue weighted by Crippen LogP contribution is -2.46. The van der Waals surface area contributed by atoms with Gasteiger partial charge in [0.15, 0.2) is 6.61 Å². The van der Waals surface area contributed by atoms with Crippen LogP contribution in [-0.2, 0) is 14.3 Å². The highest BCUT2D eigenvalue weighted by Gasteiger charge is 2.36. The number of ether oxygens (including phenoxy) is 1. The van der Waals surface area contributed by atoms with Crippen molar-refractivity contribution in [3.63, 3.8) is 0 Å². The van der Waals surface area contributed by atoms with Crippen LogP contribution in [0.25, 0.3) is 0 Å². The molecule has 3 atom stereocenters. The Balaban J connectivity index is 1.54. The molecule has 3 rings (SSSR count). The van der Waals surface area contributed by atoms with E-state index in [-0.39, 0.29) is 18.4 Å². The number of nitrogens with zero attached hydrogens (tertiary/aromatic N) is 2. The molecule has 0 aliphatic carbocycles. The predicted octanol–water partition coefficient (Wildman–Crippen LogP) is 2.40. The zero-order valence-corrected chi connectivity index (χ0v) is 16.2. The van der Waals surface area contributed by atoms with Gasteiger partial charge in [-0.15, -0.1) is 11.3 Å². The second-order valence-electron chi connectivity index (χ2n) is 7.49. The lowest BCUT2D eigenvalue weighted by Gasteiger charge is -2.35. The molecule has 0 bridgehead atoms. The van der Waals surface area contributed by atoms with Gasteiger partial charge in [-0.1, -0.05) is 19.9 Å². The molecule has 0 spiro atoms. The van der Waals surface area contributed by atoms with Crippen molar-refractivity contribution in [1.29, 1.82) is 0 Å². The van der Waals surface area contributed by atoms with Crippen LogP contribution in [0.15, 0.2) is 17.5 Å². The van der Waals surface area contributed by atoms with Gasteiger partial charge in [-0.2, -0.15) is 0 Å². The number of likely N-dealkylation sites (tertiary alicyclic amines) is 2. The van der Waals surface area contributed by atoms with Crippen LogP contribution >= 0.6 is 11.3 Å². The Bertz CT molecular complexity index is 651. The molecule has 2 unspecified atom stereocenters. The fourth-order valence-electron chi connectivity index (χ4n) is 3.98. The van der Waals surface area contributed by atoms with Gasteiger partial charge in [-0.3, -0.25) is 9.59 Å². The van der Waals surface area contributed by atoms with Gasteiger partial charge in [0.2, 0.25) is 0 Å². The molecule has 2 fully saturated rings. The van der Waals surface area contributed by atoms with Crippen LogP contribution in [0.4, 0.5) is 0 Å². The van der Waals surface area contributed by atoms with Gasteiger partial charge >= 0.3 is 5.97 Å². The van der Waals surface area contributed by atoms with Crippen LogP contribution in [0, 0.1) is 11.8 Å². The van der Waals surface area contributed by atoms with Crippen molar-refractivity contribution in [1.82, 2.24) is 9.80 Å². The molecule has 2 aliphatic heterocycles. The minimum Gasteiger partial charge on any atom is -0.454 e. The summed E-state index contributed by atoms with van der Waals surface area (Å²) in [5.41, 5.74) is 0. The highest BCUT2D eigenvalue weighted by Crippen LogP contribution is 2.24. The summed E-state index contributed by atoms with van der Waals surface area (Å²) in [6, 6.07) is 2.99. The van der Waals surface area contributed by atoms with Gasteiger partial charge in [-0.05, 0) is 42.5 Å². The van der Waals surface area contributed by atoms with Gasteiger partial charge < -0.3 is 14.5 Å². The van der Waals surface area contributed by atoms with E-state index in [0.717, 1.165) is 12.8 Å². The summed E-state index contributed by atoms with van der Waals surface area (Å²) >= 11 is 1.36. The number of hydrogen-bond acceptors (Lipinski definition) is 5. The zero-order valence-electron chi connectivity index (χ0n) is 15.3. The van der Waals surface area contributed by atoms with Gasteiger partial charge in [0, 0.05) is 19.6 Å². The van der Waals surface area contributed by atoms with Crippen molar-refractivity contribution in [2.45, 2.75) is 39.2 Å². The lowest BCUT2D eigenvalue weighted by molar-refractivity contribution is -0.156. The molecule has 1 aromatic heterocycles. The first-order valence-electron chi connectivity index (χ1n) is 9.24. The molecule has 2 saturated heterocycles.